The van der Waals surface area contributed by atoms with Gasteiger partial charge in [-0.15, -0.1) is 0 Å². The van der Waals surface area contributed by atoms with Crippen molar-refractivity contribution in [2.24, 2.45) is 0 Å². The predicted octanol–water partition coefficient (Wildman–Crippen LogP) is 2.44. The minimum atomic E-state index is -0.551. The number of aromatic nitrogens is 4. The van der Waals surface area contributed by atoms with Crippen LogP contribution < -0.4 is 21.8 Å². The van der Waals surface area contributed by atoms with Crippen molar-refractivity contribution < 1.29 is 9.59 Å². The predicted molar refractivity (Wildman–Crippen MR) is 135 cm³/mol. The van der Waals surface area contributed by atoms with Gasteiger partial charge in [0.25, 0.3) is 17.0 Å². The Morgan fingerprint density at radius 1 is 0.861 bits per heavy atom. The standard InChI is InChI=1S/C26H20N6O4/c33-22(29-20-11-5-10-19-23(20)26(36)31-30-25(19)35)15-27-24(34)17-8-4-9-18(14-17)32-21(12-13-28-32)16-6-2-1-3-7-16/h1-14H,15H2,(H,27,34)(H,29,33)(H,30,35)(H,31,36). The normalized spacial score (nSPS) is 10.8. The van der Waals surface area contributed by atoms with Gasteiger partial charge in [0.2, 0.25) is 5.91 Å². The summed E-state index contributed by atoms with van der Waals surface area (Å²) < 4.78 is 1.73. The summed E-state index contributed by atoms with van der Waals surface area (Å²) in [5.74, 6) is -1.00. The van der Waals surface area contributed by atoms with E-state index in [0.29, 0.717) is 11.3 Å². The molecule has 10 nitrogen and oxygen atoms in total. The van der Waals surface area contributed by atoms with Gasteiger partial charge in [-0.1, -0.05) is 42.5 Å². The Morgan fingerprint density at radius 3 is 2.47 bits per heavy atom. The maximum Gasteiger partial charge on any atom is 0.272 e. The molecule has 3 aromatic carbocycles. The Kier molecular flexibility index (Phi) is 5.98. The maximum absolute atomic E-state index is 12.8. The van der Waals surface area contributed by atoms with Crippen LogP contribution in [0.2, 0.25) is 0 Å². The molecule has 0 saturated heterocycles. The molecule has 36 heavy (non-hydrogen) atoms. The quantitative estimate of drug-likeness (QED) is 0.295. The molecule has 0 radical (unpaired) electrons. The third-order valence-corrected chi connectivity index (χ3v) is 5.57. The first-order valence-corrected chi connectivity index (χ1v) is 11.0. The van der Waals surface area contributed by atoms with E-state index in [-0.39, 0.29) is 23.0 Å². The van der Waals surface area contributed by atoms with Crippen molar-refractivity contribution in [3.05, 3.63) is 111 Å². The van der Waals surface area contributed by atoms with Crippen LogP contribution in [0, 0.1) is 0 Å². The minimum absolute atomic E-state index is 0.0575. The van der Waals surface area contributed by atoms with E-state index >= 15 is 0 Å². The van der Waals surface area contributed by atoms with E-state index in [1.54, 1.807) is 35.1 Å². The molecule has 2 amide bonds. The molecule has 2 aromatic heterocycles. The summed E-state index contributed by atoms with van der Waals surface area (Å²) >= 11 is 0. The lowest BCUT2D eigenvalue weighted by atomic mass is 10.1. The number of hydrogen-bond donors (Lipinski definition) is 4. The zero-order chi connectivity index (χ0) is 25.1. The zero-order valence-corrected chi connectivity index (χ0v) is 18.8. The molecule has 0 atom stereocenters. The lowest BCUT2D eigenvalue weighted by Crippen LogP contribution is -2.33. The van der Waals surface area contributed by atoms with E-state index in [4.69, 9.17) is 0 Å². The molecule has 0 aliphatic carbocycles. The monoisotopic (exact) mass is 480 g/mol. The van der Waals surface area contributed by atoms with Crippen LogP contribution in [0.4, 0.5) is 5.69 Å². The number of nitrogens with one attached hydrogen (secondary N) is 4. The van der Waals surface area contributed by atoms with Gasteiger partial charge >= 0.3 is 0 Å². The van der Waals surface area contributed by atoms with E-state index < -0.39 is 22.9 Å². The Labute approximate surface area is 203 Å². The number of carbonyl (C=O) groups is 2. The lowest BCUT2D eigenvalue weighted by Gasteiger charge is -2.11. The van der Waals surface area contributed by atoms with Crippen molar-refractivity contribution >= 4 is 28.3 Å². The topological polar surface area (TPSA) is 142 Å². The van der Waals surface area contributed by atoms with Crippen LogP contribution >= 0.6 is 0 Å². The highest BCUT2D eigenvalue weighted by atomic mass is 16.2. The van der Waals surface area contributed by atoms with Gasteiger partial charge in [0.05, 0.1) is 40.6 Å². The van der Waals surface area contributed by atoms with Crippen molar-refractivity contribution in [2.75, 3.05) is 11.9 Å². The Hall–Kier alpha value is -5.25. The molecule has 0 bridgehead atoms. The molecule has 2 heterocycles. The summed E-state index contributed by atoms with van der Waals surface area (Å²) in [5, 5.41) is 14.2. The maximum atomic E-state index is 12.8. The second-order valence-corrected chi connectivity index (χ2v) is 7.91. The molecule has 5 aromatic rings. The molecule has 0 unspecified atom stereocenters. The number of H-pyrrole nitrogens is 2. The fourth-order valence-electron chi connectivity index (χ4n) is 3.91. The molecule has 0 fully saturated rings. The van der Waals surface area contributed by atoms with Crippen molar-refractivity contribution in [2.45, 2.75) is 0 Å². The van der Waals surface area contributed by atoms with Gasteiger partial charge in [-0.3, -0.25) is 29.4 Å². The summed E-state index contributed by atoms with van der Waals surface area (Å²) in [6.45, 7) is -0.336. The average molecular weight is 480 g/mol. The number of benzene rings is 3. The van der Waals surface area contributed by atoms with Crippen LogP contribution in [0.3, 0.4) is 0 Å². The van der Waals surface area contributed by atoms with Gasteiger partial charge in [-0.05, 0) is 36.4 Å². The Morgan fingerprint density at radius 2 is 1.64 bits per heavy atom. The van der Waals surface area contributed by atoms with E-state index in [9.17, 15) is 19.2 Å². The summed E-state index contributed by atoms with van der Waals surface area (Å²) in [6.07, 6.45) is 1.69. The highest BCUT2D eigenvalue weighted by molar-refractivity contribution is 6.04. The summed E-state index contributed by atoms with van der Waals surface area (Å²) in [6, 6.07) is 23.1. The number of nitrogens with zero attached hydrogens (tertiary/aromatic N) is 2. The second kappa shape index (κ2) is 9.55. The molecule has 10 heteroatoms. The summed E-state index contributed by atoms with van der Waals surface area (Å²) in [5.41, 5.74) is 2.04. The second-order valence-electron chi connectivity index (χ2n) is 7.91. The zero-order valence-electron chi connectivity index (χ0n) is 18.8. The van der Waals surface area contributed by atoms with Crippen molar-refractivity contribution in [1.82, 2.24) is 25.3 Å². The smallest absolute Gasteiger partial charge is 0.272 e. The fourth-order valence-corrected chi connectivity index (χ4v) is 3.91. The van der Waals surface area contributed by atoms with Crippen molar-refractivity contribution in [1.29, 1.82) is 0 Å². The molecular weight excluding hydrogens is 460 g/mol. The molecule has 0 aliphatic heterocycles. The molecule has 178 valence electrons. The highest BCUT2D eigenvalue weighted by Crippen LogP contribution is 2.22. The van der Waals surface area contributed by atoms with Crippen molar-refractivity contribution in [3.63, 3.8) is 0 Å². The third kappa shape index (κ3) is 4.42. The number of amides is 2. The molecule has 0 aliphatic rings. The van der Waals surface area contributed by atoms with Gasteiger partial charge in [0, 0.05) is 11.1 Å². The largest absolute Gasteiger partial charge is 0.343 e. The van der Waals surface area contributed by atoms with E-state index in [1.807, 2.05) is 42.5 Å². The molecule has 0 saturated carbocycles. The molecule has 5 rings (SSSR count). The minimum Gasteiger partial charge on any atom is -0.343 e. The first-order chi connectivity index (χ1) is 17.5. The van der Waals surface area contributed by atoms with E-state index in [0.717, 1.165) is 11.3 Å². The summed E-state index contributed by atoms with van der Waals surface area (Å²) in [7, 11) is 0. The SMILES string of the molecule is O=C(CNC(=O)c1cccc(-n2nccc2-c2ccccc2)c1)Nc1cccc2c(=O)[nH][nH]c(=O)c12. The van der Waals surface area contributed by atoms with Gasteiger partial charge in [0.1, 0.15) is 0 Å². The third-order valence-electron chi connectivity index (χ3n) is 5.57. The highest BCUT2D eigenvalue weighted by Gasteiger charge is 2.14. The Bertz CT molecular complexity index is 1700. The molecular formula is C26H20N6O4. The first-order valence-electron chi connectivity index (χ1n) is 11.0. The van der Waals surface area contributed by atoms with Gasteiger partial charge < -0.3 is 10.6 Å². The molecule has 0 spiro atoms. The molecule has 4 N–H and O–H groups in total. The summed E-state index contributed by atoms with van der Waals surface area (Å²) in [4.78, 5) is 49.4. The Balaban J connectivity index is 1.30. The number of anilines is 1. The van der Waals surface area contributed by atoms with Crippen molar-refractivity contribution in [3.8, 4) is 16.9 Å². The van der Waals surface area contributed by atoms with Crippen LogP contribution in [-0.4, -0.2) is 38.3 Å². The van der Waals surface area contributed by atoms with Gasteiger partial charge in [-0.2, -0.15) is 5.10 Å². The van der Waals surface area contributed by atoms with Crippen LogP contribution in [0.15, 0.2) is 94.6 Å². The average Bonchev–Trinajstić information content (AvgIpc) is 3.40. The number of rotatable bonds is 6. The van der Waals surface area contributed by atoms with E-state index in [2.05, 4.69) is 25.9 Å². The first kappa shape index (κ1) is 22.5. The lowest BCUT2D eigenvalue weighted by molar-refractivity contribution is -0.115. The number of aromatic amines is 2. The number of carbonyl (C=O) groups excluding carboxylic acids is 2. The van der Waals surface area contributed by atoms with E-state index in [1.165, 1.54) is 12.1 Å². The fraction of sp³-hybridized carbons (Fsp3) is 0.0385. The van der Waals surface area contributed by atoms with Gasteiger partial charge in [0.15, 0.2) is 0 Å². The number of fused-ring (bicyclic) bond motifs is 1. The van der Waals surface area contributed by atoms with Crippen LogP contribution in [0.5, 0.6) is 0 Å². The number of hydrogen-bond acceptors (Lipinski definition) is 5. The van der Waals surface area contributed by atoms with Gasteiger partial charge in [-0.25, -0.2) is 4.68 Å². The van der Waals surface area contributed by atoms with Crippen LogP contribution in [0.1, 0.15) is 10.4 Å². The van der Waals surface area contributed by atoms with Crippen LogP contribution in [-0.2, 0) is 4.79 Å². The van der Waals surface area contributed by atoms with Crippen LogP contribution in [0.25, 0.3) is 27.7 Å².